The smallest absolute Gasteiger partial charge is 0.136 e. The lowest BCUT2D eigenvalue weighted by atomic mass is 9.97. The zero-order chi connectivity index (χ0) is 12.6. The maximum Gasteiger partial charge on any atom is 0.136 e. The Morgan fingerprint density at radius 3 is 2.53 bits per heavy atom. The topological polar surface area (TPSA) is 29.5 Å². The Balaban J connectivity index is 2.38. The van der Waals surface area contributed by atoms with Gasteiger partial charge in [-0.3, -0.25) is 0 Å². The van der Waals surface area contributed by atoms with Crippen LogP contribution in [0, 0.1) is 0 Å². The van der Waals surface area contributed by atoms with E-state index in [1.165, 1.54) is 5.56 Å². The molecule has 0 saturated heterocycles. The summed E-state index contributed by atoms with van der Waals surface area (Å²) in [5.74, 6) is 1.33. The molecule has 2 nitrogen and oxygen atoms in total. The van der Waals surface area contributed by atoms with E-state index in [9.17, 15) is 5.11 Å². The van der Waals surface area contributed by atoms with E-state index in [1.54, 1.807) is 7.11 Å². The highest BCUT2D eigenvalue weighted by atomic mass is 79.9. The van der Waals surface area contributed by atoms with Crippen LogP contribution in [-0.4, -0.2) is 17.8 Å². The molecule has 17 heavy (non-hydrogen) atoms. The van der Waals surface area contributed by atoms with Crippen LogP contribution in [-0.2, 0) is 6.42 Å². The molecule has 0 aromatic heterocycles. The number of rotatable bonds is 4. The Bertz CT molecular complexity index is 422. The highest BCUT2D eigenvalue weighted by Crippen LogP contribution is 2.42. The molecule has 0 amide bonds. The Kier molecular flexibility index (Phi) is 3.50. The molecule has 0 spiro atoms. The normalized spacial score (nSPS) is 17.3. The Morgan fingerprint density at radius 2 is 2.06 bits per heavy atom. The van der Waals surface area contributed by atoms with Crippen molar-refractivity contribution in [1.82, 2.24) is 0 Å². The van der Waals surface area contributed by atoms with Crippen LogP contribution in [0.25, 0.3) is 0 Å². The fourth-order valence-corrected chi connectivity index (χ4v) is 2.72. The SMILES string of the molecule is COc1c(Br)cc(C(C)C)cc1CC1(O)CC1. The monoisotopic (exact) mass is 298 g/mol. The van der Waals surface area contributed by atoms with Crippen LogP contribution in [0.1, 0.15) is 43.7 Å². The predicted octanol–water partition coefficient (Wildman–Crippen LogP) is 3.65. The Labute approximate surface area is 111 Å². The van der Waals surface area contributed by atoms with Crippen LogP contribution >= 0.6 is 15.9 Å². The highest BCUT2D eigenvalue weighted by Gasteiger charge is 2.41. The zero-order valence-corrected chi connectivity index (χ0v) is 12.2. The molecule has 1 N–H and O–H groups in total. The molecule has 1 saturated carbocycles. The molecule has 0 unspecified atom stereocenters. The third kappa shape index (κ3) is 2.83. The van der Waals surface area contributed by atoms with Gasteiger partial charge in [-0.2, -0.15) is 0 Å². The number of aliphatic hydroxyl groups is 1. The molecule has 1 fully saturated rings. The summed E-state index contributed by atoms with van der Waals surface area (Å²) in [6.45, 7) is 4.34. The summed E-state index contributed by atoms with van der Waals surface area (Å²) in [5, 5.41) is 10.1. The predicted molar refractivity (Wildman–Crippen MR) is 72.7 cm³/mol. The van der Waals surface area contributed by atoms with E-state index in [0.717, 1.165) is 28.6 Å². The van der Waals surface area contributed by atoms with Crippen molar-refractivity contribution in [3.8, 4) is 5.75 Å². The Morgan fingerprint density at radius 1 is 1.41 bits per heavy atom. The molecule has 0 atom stereocenters. The summed E-state index contributed by atoms with van der Waals surface area (Å²) < 4.78 is 6.40. The van der Waals surface area contributed by atoms with Gasteiger partial charge in [0.05, 0.1) is 17.2 Å². The molecule has 1 aromatic carbocycles. The van der Waals surface area contributed by atoms with Crippen molar-refractivity contribution in [3.05, 3.63) is 27.7 Å². The van der Waals surface area contributed by atoms with Crippen molar-refractivity contribution in [2.24, 2.45) is 0 Å². The first-order chi connectivity index (χ1) is 7.95. The second kappa shape index (κ2) is 4.62. The molecule has 1 aliphatic rings. The summed E-state index contributed by atoms with van der Waals surface area (Å²) >= 11 is 3.55. The van der Waals surface area contributed by atoms with Gasteiger partial charge in [0.1, 0.15) is 5.75 Å². The van der Waals surface area contributed by atoms with Gasteiger partial charge in [0.25, 0.3) is 0 Å². The van der Waals surface area contributed by atoms with E-state index >= 15 is 0 Å². The molecule has 0 heterocycles. The van der Waals surface area contributed by atoms with Gasteiger partial charge >= 0.3 is 0 Å². The van der Waals surface area contributed by atoms with Crippen molar-refractivity contribution in [2.45, 2.75) is 44.6 Å². The Hall–Kier alpha value is -0.540. The molecular weight excluding hydrogens is 280 g/mol. The van der Waals surface area contributed by atoms with Crippen molar-refractivity contribution in [2.75, 3.05) is 7.11 Å². The van der Waals surface area contributed by atoms with Crippen LogP contribution < -0.4 is 4.74 Å². The largest absolute Gasteiger partial charge is 0.495 e. The van der Waals surface area contributed by atoms with Crippen molar-refractivity contribution < 1.29 is 9.84 Å². The van der Waals surface area contributed by atoms with Gasteiger partial charge in [0.2, 0.25) is 0 Å². The summed E-state index contributed by atoms with van der Waals surface area (Å²) in [5.41, 5.74) is 1.89. The lowest BCUT2D eigenvalue weighted by molar-refractivity contribution is 0.150. The van der Waals surface area contributed by atoms with Crippen LogP contribution in [0.15, 0.2) is 16.6 Å². The van der Waals surface area contributed by atoms with Crippen LogP contribution in [0.4, 0.5) is 0 Å². The van der Waals surface area contributed by atoms with Gasteiger partial charge in [-0.05, 0) is 51.9 Å². The fraction of sp³-hybridized carbons (Fsp3) is 0.571. The van der Waals surface area contributed by atoms with Crippen LogP contribution in [0.5, 0.6) is 5.75 Å². The van der Waals surface area contributed by atoms with E-state index in [0.29, 0.717) is 12.3 Å². The minimum atomic E-state index is -0.484. The first-order valence-corrected chi connectivity index (χ1v) is 6.83. The third-order valence-corrected chi connectivity index (χ3v) is 3.95. The average molecular weight is 299 g/mol. The molecule has 1 aliphatic carbocycles. The standard InChI is InChI=1S/C14H19BrO2/c1-9(2)10-6-11(8-14(16)4-5-14)13(17-3)12(15)7-10/h6-7,9,16H,4-5,8H2,1-3H3. The lowest BCUT2D eigenvalue weighted by Crippen LogP contribution is -2.12. The van der Waals surface area contributed by atoms with Crippen molar-refractivity contribution >= 4 is 15.9 Å². The highest BCUT2D eigenvalue weighted by molar-refractivity contribution is 9.10. The van der Waals surface area contributed by atoms with E-state index in [-0.39, 0.29) is 0 Å². The minimum absolute atomic E-state index is 0.477. The number of benzene rings is 1. The van der Waals surface area contributed by atoms with E-state index < -0.39 is 5.60 Å². The summed E-state index contributed by atoms with van der Waals surface area (Å²) in [6.07, 6.45) is 2.49. The number of halogens is 1. The average Bonchev–Trinajstić information content (AvgIpc) is 2.95. The van der Waals surface area contributed by atoms with Gasteiger partial charge in [-0.1, -0.05) is 19.9 Å². The molecule has 94 valence electrons. The second-order valence-electron chi connectivity index (χ2n) is 5.25. The third-order valence-electron chi connectivity index (χ3n) is 3.36. The van der Waals surface area contributed by atoms with E-state index in [2.05, 4.69) is 41.9 Å². The molecule has 2 rings (SSSR count). The van der Waals surface area contributed by atoms with Gasteiger partial charge in [-0.15, -0.1) is 0 Å². The van der Waals surface area contributed by atoms with E-state index in [4.69, 9.17) is 4.74 Å². The van der Waals surface area contributed by atoms with Crippen LogP contribution in [0.3, 0.4) is 0 Å². The van der Waals surface area contributed by atoms with Gasteiger partial charge in [0.15, 0.2) is 0 Å². The van der Waals surface area contributed by atoms with Gasteiger partial charge in [-0.25, -0.2) is 0 Å². The van der Waals surface area contributed by atoms with Crippen molar-refractivity contribution in [1.29, 1.82) is 0 Å². The molecule has 3 heteroatoms. The number of hydrogen-bond donors (Lipinski definition) is 1. The van der Waals surface area contributed by atoms with Gasteiger partial charge in [0, 0.05) is 6.42 Å². The second-order valence-corrected chi connectivity index (χ2v) is 6.11. The summed E-state index contributed by atoms with van der Waals surface area (Å²) in [6, 6.07) is 4.26. The lowest BCUT2D eigenvalue weighted by Gasteiger charge is -2.17. The fourth-order valence-electron chi connectivity index (χ4n) is 2.04. The van der Waals surface area contributed by atoms with E-state index in [1.807, 2.05) is 0 Å². The number of methoxy groups -OCH3 is 1. The van der Waals surface area contributed by atoms with Crippen LogP contribution in [0.2, 0.25) is 0 Å². The summed E-state index contributed by atoms with van der Waals surface area (Å²) in [4.78, 5) is 0. The zero-order valence-electron chi connectivity index (χ0n) is 10.6. The molecule has 0 bridgehead atoms. The number of hydrogen-bond acceptors (Lipinski definition) is 2. The maximum atomic E-state index is 10.1. The maximum absolute atomic E-state index is 10.1. The van der Waals surface area contributed by atoms with Crippen molar-refractivity contribution in [3.63, 3.8) is 0 Å². The quantitative estimate of drug-likeness (QED) is 0.919. The molecular formula is C14H19BrO2. The minimum Gasteiger partial charge on any atom is -0.495 e. The molecule has 1 aromatic rings. The first kappa shape index (κ1) is 12.9. The first-order valence-electron chi connectivity index (χ1n) is 6.04. The summed E-state index contributed by atoms with van der Waals surface area (Å²) in [7, 11) is 1.68. The molecule has 0 aliphatic heterocycles. The van der Waals surface area contributed by atoms with Gasteiger partial charge < -0.3 is 9.84 Å². The molecule has 0 radical (unpaired) electrons. The number of ether oxygens (including phenoxy) is 1.